The maximum absolute atomic E-state index is 5.35. The zero-order chi connectivity index (χ0) is 26.4. The van der Waals surface area contributed by atoms with Crippen molar-refractivity contribution in [3.05, 3.63) is 63.0 Å². The van der Waals surface area contributed by atoms with Crippen LogP contribution in [0.5, 0.6) is 0 Å². The lowest BCUT2D eigenvalue weighted by Crippen LogP contribution is -1.89. The van der Waals surface area contributed by atoms with Gasteiger partial charge in [0.15, 0.2) is 0 Å². The fourth-order valence-electron chi connectivity index (χ4n) is 6.60. The number of aryl methyl sites for hydroxylation is 6. The van der Waals surface area contributed by atoms with Crippen molar-refractivity contribution in [3.63, 3.8) is 0 Å². The molecule has 5 rings (SSSR count). The molecule has 0 radical (unpaired) electrons. The normalized spacial score (nSPS) is 12.9. The van der Waals surface area contributed by atoms with E-state index in [-0.39, 0.29) is 0 Å². The zero-order valence-corrected chi connectivity index (χ0v) is 23.9. The first-order valence-electron chi connectivity index (χ1n) is 14.3. The molecular weight excluding hydrogens is 452 g/mol. The average molecular weight is 495 g/mol. The quantitative estimate of drug-likeness (QED) is 0.246. The minimum atomic E-state index is 0.976. The second-order valence-electron chi connectivity index (χ2n) is 10.3. The highest BCUT2D eigenvalue weighted by molar-refractivity contribution is 5.98. The van der Waals surface area contributed by atoms with Crippen molar-refractivity contribution in [2.45, 2.75) is 93.9 Å². The van der Waals surface area contributed by atoms with Crippen molar-refractivity contribution in [1.82, 2.24) is 19.9 Å². The second-order valence-corrected chi connectivity index (χ2v) is 10.3. The molecule has 1 aliphatic rings. The van der Waals surface area contributed by atoms with Gasteiger partial charge >= 0.3 is 0 Å². The minimum absolute atomic E-state index is 0.976. The van der Waals surface area contributed by atoms with Gasteiger partial charge in [0.25, 0.3) is 0 Å². The smallest absolute Gasteiger partial charge is 0.0910 e. The molecule has 4 nitrogen and oxygen atoms in total. The Morgan fingerprint density at radius 3 is 1.51 bits per heavy atom. The summed E-state index contributed by atoms with van der Waals surface area (Å²) in [6.45, 7) is 18.1. The van der Waals surface area contributed by atoms with E-state index in [1.807, 2.05) is 0 Å². The van der Waals surface area contributed by atoms with Crippen LogP contribution in [0.25, 0.3) is 44.2 Å². The molecule has 0 amide bonds. The molecule has 37 heavy (non-hydrogen) atoms. The zero-order valence-electron chi connectivity index (χ0n) is 23.9. The Morgan fingerprint density at radius 1 is 0.514 bits per heavy atom. The van der Waals surface area contributed by atoms with Crippen LogP contribution in [0.1, 0.15) is 99.2 Å². The fourth-order valence-corrected chi connectivity index (χ4v) is 6.60. The predicted molar refractivity (Wildman–Crippen MR) is 161 cm³/mol. The monoisotopic (exact) mass is 494 g/mol. The number of hydrogen-bond donors (Lipinski definition) is 3. The van der Waals surface area contributed by atoms with Crippen LogP contribution in [-0.4, -0.2) is 19.9 Å². The fraction of sp³-hybridized carbons (Fsp3) is 0.424. The minimum Gasteiger partial charge on any atom is -0.355 e. The third-order valence-corrected chi connectivity index (χ3v) is 8.56. The molecule has 0 saturated carbocycles. The van der Waals surface area contributed by atoms with Gasteiger partial charge in [-0.05, 0) is 115 Å². The highest BCUT2D eigenvalue weighted by atomic mass is 14.8. The molecule has 5 heterocycles. The largest absolute Gasteiger partial charge is 0.355 e. The van der Waals surface area contributed by atoms with Gasteiger partial charge in [-0.3, -0.25) is 0 Å². The topological polar surface area (TPSA) is 60.3 Å². The number of H-pyrrole nitrogens is 3. The van der Waals surface area contributed by atoms with Gasteiger partial charge in [0.2, 0.25) is 0 Å². The van der Waals surface area contributed by atoms with Crippen LogP contribution >= 0.6 is 0 Å². The molecule has 1 aliphatic heterocycles. The number of aromatic nitrogens is 4. The number of hydrogen-bond acceptors (Lipinski definition) is 1. The molecule has 0 atom stereocenters. The Hall–Kier alpha value is -3.27. The maximum Gasteiger partial charge on any atom is 0.0910 e. The lowest BCUT2D eigenvalue weighted by molar-refractivity contribution is 1.07. The van der Waals surface area contributed by atoms with Gasteiger partial charge in [0.1, 0.15) is 0 Å². The van der Waals surface area contributed by atoms with E-state index in [1.165, 1.54) is 77.6 Å². The van der Waals surface area contributed by atoms with Crippen molar-refractivity contribution < 1.29 is 0 Å². The predicted octanol–water partition coefficient (Wildman–Crippen LogP) is 9.12. The lowest BCUT2D eigenvalue weighted by Gasteiger charge is -2.04. The number of fused-ring (bicyclic) bond motifs is 9. The maximum atomic E-state index is 5.35. The second kappa shape index (κ2) is 9.89. The van der Waals surface area contributed by atoms with Gasteiger partial charge in [0, 0.05) is 27.6 Å². The Balaban J connectivity index is 2.08. The van der Waals surface area contributed by atoms with Crippen molar-refractivity contribution in [3.8, 4) is 0 Å². The Kier molecular flexibility index (Phi) is 6.78. The summed E-state index contributed by atoms with van der Waals surface area (Å²) in [5.74, 6) is 0. The van der Waals surface area contributed by atoms with E-state index in [0.717, 1.165) is 49.9 Å². The standard InChI is InChI=1S/C33H42N4/c1-9-20-18(7)27-16-30-22(11-3)24(13-5)32(36-30)33-25(14-6)23(12-4)31(37-33)17-29-21(10-2)19(8)26(35-29)15-28(20)34-27/h15-17,34-35,37H,9-14H2,1-8H3. The molecule has 3 N–H and O–H groups in total. The van der Waals surface area contributed by atoms with Crippen LogP contribution in [0.4, 0.5) is 0 Å². The van der Waals surface area contributed by atoms with Gasteiger partial charge < -0.3 is 15.0 Å². The van der Waals surface area contributed by atoms with Gasteiger partial charge in [-0.15, -0.1) is 0 Å². The summed E-state index contributed by atoms with van der Waals surface area (Å²) in [4.78, 5) is 16.8. The van der Waals surface area contributed by atoms with Gasteiger partial charge in [-0.2, -0.15) is 0 Å². The van der Waals surface area contributed by atoms with E-state index in [4.69, 9.17) is 4.98 Å². The first kappa shape index (κ1) is 25.4. The number of rotatable bonds is 6. The molecule has 0 unspecified atom stereocenters. The molecule has 194 valence electrons. The van der Waals surface area contributed by atoms with Gasteiger partial charge in [-0.1, -0.05) is 41.5 Å². The van der Waals surface area contributed by atoms with Crippen molar-refractivity contribution in [2.75, 3.05) is 0 Å². The van der Waals surface area contributed by atoms with Crippen LogP contribution < -0.4 is 0 Å². The average Bonchev–Trinajstić information content (AvgIpc) is 3.59. The summed E-state index contributed by atoms with van der Waals surface area (Å²) in [7, 11) is 0. The molecule has 0 fully saturated rings. The van der Waals surface area contributed by atoms with Crippen LogP contribution in [0, 0.1) is 13.8 Å². The first-order valence-corrected chi connectivity index (χ1v) is 14.3. The summed E-state index contributed by atoms with van der Waals surface area (Å²) in [6, 6.07) is 6.95. The molecule has 0 aromatic carbocycles. The molecule has 0 spiro atoms. The Morgan fingerprint density at radius 2 is 1.00 bits per heavy atom. The summed E-state index contributed by atoms with van der Waals surface area (Å²) in [6.07, 6.45) is 5.92. The van der Waals surface area contributed by atoms with Crippen LogP contribution in [-0.2, 0) is 25.7 Å². The number of nitrogens with zero attached hydrogens (tertiary/aromatic N) is 1. The molecule has 0 aliphatic carbocycles. The summed E-state index contributed by atoms with van der Waals surface area (Å²) < 4.78 is 0. The van der Waals surface area contributed by atoms with Crippen LogP contribution in [0.3, 0.4) is 0 Å². The Bertz CT molecular complexity index is 1650. The molecule has 0 saturated heterocycles. The van der Waals surface area contributed by atoms with E-state index in [2.05, 4.69) is 88.5 Å². The van der Waals surface area contributed by atoms with Crippen LogP contribution in [0.15, 0.2) is 18.2 Å². The summed E-state index contributed by atoms with van der Waals surface area (Å²) in [5, 5.41) is 0. The van der Waals surface area contributed by atoms with Crippen LogP contribution in [0.2, 0.25) is 0 Å². The molecular formula is C33H42N4. The first-order chi connectivity index (χ1) is 17.9. The molecule has 4 aromatic heterocycles. The third-order valence-electron chi connectivity index (χ3n) is 8.56. The van der Waals surface area contributed by atoms with E-state index in [1.54, 1.807) is 0 Å². The van der Waals surface area contributed by atoms with Gasteiger partial charge in [-0.25, -0.2) is 4.98 Å². The van der Waals surface area contributed by atoms with E-state index in [0.29, 0.717) is 0 Å². The summed E-state index contributed by atoms with van der Waals surface area (Å²) >= 11 is 0. The van der Waals surface area contributed by atoms with E-state index in [9.17, 15) is 0 Å². The van der Waals surface area contributed by atoms with E-state index < -0.39 is 0 Å². The molecule has 4 aromatic rings. The van der Waals surface area contributed by atoms with Crippen molar-refractivity contribution >= 4 is 44.2 Å². The van der Waals surface area contributed by atoms with Gasteiger partial charge in [0.05, 0.1) is 16.9 Å². The number of aromatic amines is 3. The highest BCUT2D eigenvalue weighted by Gasteiger charge is 2.22. The molecule has 8 bridgehead atoms. The molecule has 4 heteroatoms. The SMILES string of the molecule is CCC1=C(CC)c2nc1cc1[nH]c(cc3[nH]c(cc4[nH]c2c(CC)c4CC)c(CC)c3C)c(CC)c1C. The third kappa shape index (κ3) is 3.93. The lowest BCUT2D eigenvalue weighted by atomic mass is 9.98. The van der Waals surface area contributed by atoms with Crippen molar-refractivity contribution in [1.29, 1.82) is 0 Å². The highest BCUT2D eigenvalue weighted by Crippen LogP contribution is 2.39. The summed E-state index contributed by atoms with van der Waals surface area (Å²) in [5.41, 5.74) is 20.4. The number of allylic oxidation sites excluding steroid dienone is 2. The Labute approximate surface area is 221 Å². The van der Waals surface area contributed by atoms with E-state index >= 15 is 0 Å². The van der Waals surface area contributed by atoms with Crippen molar-refractivity contribution in [2.24, 2.45) is 0 Å². The number of nitrogens with one attached hydrogen (secondary N) is 3.